The zero-order chi connectivity index (χ0) is 22.2. The van der Waals surface area contributed by atoms with Crippen LogP contribution in [0, 0.1) is 5.92 Å². The SMILES string of the molecule is CCC(C(=O)O)N1Cc2sc(-c3cccc(NC(=O)C4CCCCC4)c3)cc2S1(=O)=O. The summed E-state index contributed by atoms with van der Waals surface area (Å²) in [6.45, 7) is 1.74. The van der Waals surface area contributed by atoms with Crippen LogP contribution in [0.25, 0.3) is 10.4 Å². The van der Waals surface area contributed by atoms with E-state index < -0.39 is 22.0 Å². The van der Waals surface area contributed by atoms with Crippen LogP contribution < -0.4 is 5.32 Å². The van der Waals surface area contributed by atoms with Gasteiger partial charge in [-0.1, -0.05) is 38.3 Å². The Labute approximate surface area is 186 Å². The number of aliphatic carboxylic acids is 1. The number of anilines is 1. The van der Waals surface area contributed by atoms with Gasteiger partial charge in [0.15, 0.2) is 0 Å². The monoisotopic (exact) mass is 462 g/mol. The maximum Gasteiger partial charge on any atom is 0.322 e. The van der Waals surface area contributed by atoms with Gasteiger partial charge in [-0.05, 0) is 43.0 Å². The second-order valence-electron chi connectivity index (χ2n) is 8.12. The lowest BCUT2D eigenvalue weighted by Crippen LogP contribution is -2.40. The van der Waals surface area contributed by atoms with E-state index in [1.54, 1.807) is 13.0 Å². The van der Waals surface area contributed by atoms with Crippen LogP contribution in [0.15, 0.2) is 35.2 Å². The molecular weight excluding hydrogens is 436 g/mol. The Hall–Kier alpha value is -2.23. The molecule has 1 aliphatic heterocycles. The van der Waals surface area contributed by atoms with Gasteiger partial charge in [-0.3, -0.25) is 9.59 Å². The van der Waals surface area contributed by atoms with Gasteiger partial charge in [0.2, 0.25) is 15.9 Å². The van der Waals surface area contributed by atoms with Crippen molar-refractivity contribution < 1.29 is 23.1 Å². The molecule has 1 aromatic heterocycles. The van der Waals surface area contributed by atoms with Crippen molar-refractivity contribution in [2.45, 2.75) is 62.9 Å². The van der Waals surface area contributed by atoms with Gasteiger partial charge in [0.1, 0.15) is 6.04 Å². The average Bonchev–Trinajstić information content (AvgIpc) is 3.28. The summed E-state index contributed by atoms with van der Waals surface area (Å²) in [6.07, 6.45) is 5.42. The van der Waals surface area contributed by atoms with Crippen molar-refractivity contribution in [1.29, 1.82) is 0 Å². The number of hydrogen-bond acceptors (Lipinski definition) is 5. The number of carboxylic acid groups (broad SMARTS) is 1. The first-order valence-corrected chi connectivity index (χ1v) is 12.9. The molecule has 1 aromatic carbocycles. The number of carbonyl (C=O) groups is 2. The number of carboxylic acids is 1. The van der Waals surface area contributed by atoms with E-state index in [1.807, 2.05) is 24.3 Å². The minimum Gasteiger partial charge on any atom is -0.480 e. The molecule has 1 atom stereocenters. The molecule has 1 unspecified atom stereocenters. The quantitative estimate of drug-likeness (QED) is 0.666. The third kappa shape index (κ3) is 4.26. The fraction of sp³-hybridized carbons (Fsp3) is 0.455. The molecule has 4 rings (SSSR count). The predicted molar refractivity (Wildman–Crippen MR) is 119 cm³/mol. The number of hydrogen-bond donors (Lipinski definition) is 2. The first-order valence-electron chi connectivity index (χ1n) is 10.6. The molecule has 31 heavy (non-hydrogen) atoms. The van der Waals surface area contributed by atoms with Gasteiger partial charge in [-0.2, -0.15) is 4.31 Å². The second kappa shape index (κ2) is 8.72. The fourth-order valence-electron chi connectivity index (χ4n) is 4.37. The van der Waals surface area contributed by atoms with Gasteiger partial charge in [-0.15, -0.1) is 11.3 Å². The Morgan fingerprint density at radius 1 is 1.23 bits per heavy atom. The van der Waals surface area contributed by atoms with Crippen LogP contribution in [0.4, 0.5) is 5.69 Å². The number of sulfonamides is 1. The fourth-order valence-corrected chi connectivity index (χ4v) is 7.77. The number of amides is 1. The maximum absolute atomic E-state index is 12.9. The van der Waals surface area contributed by atoms with Crippen LogP contribution in [0.1, 0.15) is 50.3 Å². The summed E-state index contributed by atoms with van der Waals surface area (Å²) >= 11 is 1.35. The van der Waals surface area contributed by atoms with E-state index in [1.165, 1.54) is 17.8 Å². The molecule has 2 aromatic rings. The normalized spacial score (nSPS) is 19.6. The molecule has 0 radical (unpaired) electrons. The summed E-state index contributed by atoms with van der Waals surface area (Å²) in [7, 11) is -3.84. The molecule has 2 heterocycles. The molecule has 9 heteroatoms. The molecule has 7 nitrogen and oxygen atoms in total. The Kier molecular flexibility index (Phi) is 6.18. The number of benzene rings is 1. The summed E-state index contributed by atoms with van der Waals surface area (Å²) in [4.78, 5) is 25.6. The van der Waals surface area contributed by atoms with Gasteiger partial charge < -0.3 is 10.4 Å². The van der Waals surface area contributed by atoms with Crippen LogP contribution in [0.5, 0.6) is 0 Å². The summed E-state index contributed by atoms with van der Waals surface area (Å²) in [5, 5.41) is 12.4. The molecule has 1 fully saturated rings. The predicted octanol–water partition coefficient (Wildman–Crippen LogP) is 4.30. The number of thiophene rings is 1. The standard InChI is InChI=1S/C22H26N2O5S2/c1-2-17(22(26)27)24-13-19-20(31(24,28)29)12-18(30-19)15-9-6-10-16(11-15)23-21(25)14-7-4-3-5-8-14/h6,9-12,14,17H,2-5,7-8,13H2,1H3,(H,23,25)(H,26,27). The molecular formula is C22H26N2O5S2. The van der Waals surface area contributed by atoms with Crippen molar-refractivity contribution >= 4 is 38.9 Å². The number of rotatable bonds is 6. The molecule has 1 amide bonds. The van der Waals surface area contributed by atoms with Crippen LogP contribution in [0.3, 0.4) is 0 Å². The smallest absolute Gasteiger partial charge is 0.322 e. The highest BCUT2D eigenvalue weighted by Gasteiger charge is 2.43. The van der Waals surface area contributed by atoms with E-state index in [9.17, 15) is 23.1 Å². The van der Waals surface area contributed by atoms with Crippen LogP contribution in [-0.2, 0) is 26.2 Å². The van der Waals surface area contributed by atoms with Crippen molar-refractivity contribution in [2.24, 2.45) is 5.92 Å². The number of nitrogens with zero attached hydrogens (tertiary/aromatic N) is 1. The van der Waals surface area contributed by atoms with Crippen molar-refractivity contribution in [2.75, 3.05) is 5.32 Å². The zero-order valence-electron chi connectivity index (χ0n) is 17.3. The average molecular weight is 463 g/mol. The van der Waals surface area contributed by atoms with E-state index in [0.29, 0.717) is 10.6 Å². The minimum absolute atomic E-state index is 0.0445. The Bertz CT molecular complexity index is 1100. The minimum atomic E-state index is -3.84. The van der Waals surface area contributed by atoms with Crippen molar-refractivity contribution in [3.8, 4) is 10.4 Å². The molecule has 1 saturated carbocycles. The lowest BCUT2D eigenvalue weighted by atomic mass is 9.88. The zero-order valence-corrected chi connectivity index (χ0v) is 19.0. The summed E-state index contributed by atoms with van der Waals surface area (Å²) in [5.41, 5.74) is 1.52. The lowest BCUT2D eigenvalue weighted by molar-refractivity contribution is -0.141. The highest BCUT2D eigenvalue weighted by atomic mass is 32.2. The highest BCUT2D eigenvalue weighted by Crippen LogP contribution is 2.42. The first-order chi connectivity index (χ1) is 14.8. The Morgan fingerprint density at radius 3 is 2.61 bits per heavy atom. The Morgan fingerprint density at radius 2 is 1.97 bits per heavy atom. The van der Waals surface area contributed by atoms with E-state index in [2.05, 4.69) is 5.32 Å². The van der Waals surface area contributed by atoms with Gasteiger partial charge in [0.25, 0.3) is 0 Å². The topological polar surface area (TPSA) is 104 Å². The molecule has 2 aliphatic rings. The number of carbonyl (C=O) groups excluding carboxylic acids is 1. The van der Waals surface area contributed by atoms with E-state index in [4.69, 9.17) is 0 Å². The molecule has 0 bridgehead atoms. The first kappa shape index (κ1) is 22.0. The van der Waals surface area contributed by atoms with Crippen LogP contribution >= 0.6 is 11.3 Å². The Balaban J connectivity index is 1.55. The third-order valence-corrected chi connectivity index (χ3v) is 9.29. The lowest BCUT2D eigenvalue weighted by Gasteiger charge is -2.21. The summed E-state index contributed by atoms with van der Waals surface area (Å²) < 4.78 is 26.9. The second-order valence-corrected chi connectivity index (χ2v) is 11.1. The maximum atomic E-state index is 12.9. The van der Waals surface area contributed by atoms with E-state index in [0.717, 1.165) is 40.4 Å². The van der Waals surface area contributed by atoms with Gasteiger partial charge in [-0.25, -0.2) is 8.42 Å². The van der Waals surface area contributed by atoms with Crippen LogP contribution in [0.2, 0.25) is 0 Å². The van der Waals surface area contributed by atoms with Gasteiger partial charge in [0.05, 0.1) is 11.4 Å². The van der Waals surface area contributed by atoms with Crippen molar-refractivity contribution in [1.82, 2.24) is 4.31 Å². The molecule has 2 N–H and O–H groups in total. The van der Waals surface area contributed by atoms with E-state index in [-0.39, 0.29) is 29.7 Å². The molecule has 0 saturated heterocycles. The van der Waals surface area contributed by atoms with Crippen molar-refractivity contribution in [3.05, 3.63) is 35.2 Å². The molecule has 1 aliphatic carbocycles. The van der Waals surface area contributed by atoms with Crippen molar-refractivity contribution in [3.63, 3.8) is 0 Å². The van der Waals surface area contributed by atoms with Crippen LogP contribution in [-0.4, -0.2) is 35.7 Å². The molecule has 166 valence electrons. The largest absolute Gasteiger partial charge is 0.480 e. The molecule has 0 spiro atoms. The number of fused-ring (bicyclic) bond motifs is 1. The third-order valence-electron chi connectivity index (χ3n) is 6.07. The summed E-state index contributed by atoms with van der Waals surface area (Å²) in [6, 6.07) is 7.97. The summed E-state index contributed by atoms with van der Waals surface area (Å²) in [5.74, 6) is -1.04. The number of nitrogens with one attached hydrogen (secondary N) is 1. The van der Waals surface area contributed by atoms with Gasteiger partial charge >= 0.3 is 5.97 Å². The highest BCUT2D eigenvalue weighted by molar-refractivity contribution is 7.89. The van der Waals surface area contributed by atoms with E-state index >= 15 is 0 Å². The van der Waals surface area contributed by atoms with Gasteiger partial charge in [0, 0.05) is 21.4 Å².